The van der Waals surface area contributed by atoms with Crippen LogP contribution in [0.3, 0.4) is 0 Å². The van der Waals surface area contributed by atoms with Crippen LogP contribution in [-0.2, 0) is 6.42 Å². The molecule has 0 saturated carbocycles. The van der Waals surface area contributed by atoms with Crippen molar-refractivity contribution in [3.8, 4) is 5.69 Å². The summed E-state index contributed by atoms with van der Waals surface area (Å²) in [6, 6.07) is 6.71. The molecular formula is C19H18N2O2. The molecular weight excluding hydrogens is 288 g/mol. The molecule has 4 nitrogen and oxygen atoms in total. The minimum Gasteiger partial charge on any atom is -0.478 e. The van der Waals surface area contributed by atoms with Crippen LogP contribution in [0.5, 0.6) is 0 Å². The van der Waals surface area contributed by atoms with Gasteiger partial charge in [-0.25, -0.2) is 9.48 Å². The lowest BCUT2D eigenvalue weighted by Gasteiger charge is -2.02. The van der Waals surface area contributed by atoms with Crippen molar-refractivity contribution in [2.24, 2.45) is 0 Å². The van der Waals surface area contributed by atoms with E-state index in [1.165, 1.54) is 0 Å². The number of rotatable bonds is 2. The Hall–Kier alpha value is -2.88. The number of nitrogens with zero attached hydrogens (tertiary/aromatic N) is 2. The highest BCUT2D eigenvalue weighted by Crippen LogP contribution is 2.22. The van der Waals surface area contributed by atoms with Gasteiger partial charge in [0, 0.05) is 6.20 Å². The Morgan fingerprint density at radius 3 is 2.74 bits per heavy atom. The molecule has 0 atom stereocenters. The average Bonchev–Trinajstić information content (AvgIpc) is 2.98. The summed E-state index contributed by atoms with van der Waals surface area (Å²) in [5, 5.41) is 13.6. The van der Waals surface area contributed by atoms with Crippen molar-refractivity contribution in [3.63, 3.8) is 0 Å². The second kappa shape index (κ2) is 6.48. The van der Waals surface area contributed by atoms with E-state index in [0.717, 1.165) is 41.8 Å². The third-order valence-corrected chi connectivity index (χ3v) is 3.83. The molecule has 2 aromatic rings. The molecule has 0 unspecified atom stereocenters. The fourth-order valence-corrected chi connectivity index (χ4v) is 2.59. The highest BCUT2D eigenvalue weighted by molar-refractivity contribution is 5.87. The average molecular weight is 306 g/mol. The molecule has 4 heteroatoms. The van der Waals surface area contributed by atoms with Crippen LogP contribution in [0.1, 0.15) is 34.5 Å². The van der Waals surface area contributed by atoms with E-state index in [9.17, 15) is 4.79 Å². The number of fused-ring (bicyclic) bond motifs is 1. The Morgan fingerprint density at radius 1 is 1.22 bits per heavy atom. The van der Waals surface area contributed by atoms with Gasteiger partial charge in [0.15, 0.2) is 0 Å². The molecule has 1 N–H and O–H groups in total. The van der Waals surface area contributed by atoms with E-state index in [2.05, 4.69) is 17.8 Å². The first kappa shape index (κ1) is 15.0. The Labute approximate surface area is 135 Å². The molecule has 3 rings (SSSR count). The lowest BCUT2D eigenvalue weighted by atomic mass is 10.0. The van der Waals surface area contributed by atoms with Crippen molar-refractivity contribution in [3.05, 3.63) is 78.2 Å². The Balaban J connectivity index is 1.96. The molecule has 1 aliphatic carbocycles. The van der Waals surface area contributed by atoms with Crippen molar-refractivity contribution >= 4 is 11.5 Å². The zero-order valence-corrected chi connectivity index (χ0v) is 12.8. The summed E-state index contributed by atoms with van der Waals surface area (Å²) >= 11 is 0. The van der Waals surface area contributed by atoms with Crippen LogP contribution in [0, 0.1) is 0 Å². The van der Waals surface area contributed by atoms with E-state index in [0.29, 0.717) is 0 Å². The van der Waals surface area contributed by atoms with Crippen molar-refractivity contribution in [2.75, 3.05) is 0 Å². The molecule has 1 aromatic heterocycles. The summed E-state index contributed by atoms with van der Waals surface area (Å²) < 4.78 is 1.79. The van der Waals surface area contributed by atoms with Crippen molar-refractivity contribution < 1.29 is 9.90 Å². The number of carbonyl (C=O) groups is 1. The lowest BCUT2D eigenvalue weighted by Crippen LogP contribution is -1.99. The van der Waals surface area contributed by atoms with Crippen LogP contribution in [0.25, 0.3) is 11.3 Å². The zero-order valence-electron chi connectivity index (χ0n) is 12.8. The van der Waals surface area contributed by atoms with E-state index < -0.39 is 5.97 Å². The minimum atomic E-state index is -0.928. The van der Waals surface area contributed by atoms with Crippen molar-refractivity contribution in [2.45, 2.75) is 19.3 Å². The molecule has 116 valence electrons. The quantitative estimate of drug-likeness (QED) is 0.911. The number of benzene rings is 1. The number of aromatic carboxylic acids is 1. The first-order valence-electron chi connectivity index (χ1n) is 7.60. The van der Waals surface area contributed by atoms with Crippen LogP contribution in [-0.4, -0.2) is 20.9 Å². The normalized spacial score (nSPS) is 17.3. The van der Waals surface area contributed by atoms with Crippen molar-refractivity contribution in [1.82, 2.24) is 9.78 Å². The van der Waals surface area contributed by atoms with Gasteiger partial charge < -0.3 is 5.11 Å². The highest BCUT2D eigenvalue weighted by atomic mass is 16.4. The number of hydrogen-bond donors (Lipinski definition) is 1. The zero-order chi connectivity index (χ0) is 16.2. The maximum absolute atomic E-state index is 10.9. The van der Waals surface area contributed by atoms with E-state index >= 15 is 0 Å². The smallest absolute Gasteiger partial charge is 0.335 e. The van der Waals surface area contributed by atoms with Crippen LogP contribution in [0.2, 0.25) is 0 Å². The Kier molecular flexibility index (Phi) is 4.24. The summed E-state index contributed by atoms with van der Waals surface area (Å²) in [5.74, 6) is -0.928. The minimum absolute atomic E-state index is 0.269. The fraction of sp³-hybridized carbons (Fsp3) is 0.158. The number of aromatic nitrogens is 2. The van der Waals surface area contributed by atoms with Gasteiger partial charge in [-0.2, -0.15) is 5.10 Å². The van der Waals surface area contributed by atoms with E-state index in [4.69, 9.17) is 5.11 Å². The number of hydrogen-bond acceptors (Lipinski definition) is 2. The molecule has 1 heterocycles. The first-order chi connectivity index (χ1) is 11.1. The van der Waals surface area contributed by atoms with Gasteiger partial charge in [-0.3, -0.25) is 0 Å². The second-order valence-electron chi connectivity index (χ2n) is 5.50. The molecule has 0 saturated heterocycles. The number of aryl methyl sites for hydroxylation is 1. The predicted molar refractivity (Wildman–Crippen MR) is 90.8 cm³/mol. The van der Waals surface area contributed by atoms with E-state index in [1.54, 1.807) is 28.9 Å². The van der Waals surface area contributed by atoms with Gasteiger partial charge in [-0.1, -0.05) is 30.9 Å². The molecule has 23 heavy (non-hydrogen) atoms. The van der Waals surface area contributed by atoms with E-state index in [-0.39, 0.29) is 5.56 Å². The first-order valence-corrected chi connectivity index (χ1v) is 7.60. The third-order valence-electron chi connectivity index (χ3n) is 3.83. The largest absolute Gasteiger partial charge is 0.478 e. The molecule has 1 aromatic carbocycles. The Bertz CT molecular complexity index is 795. The summed E-state index contributed by atoms with van der Waals surface area (Å²) in [4.78, 5) is 10.9. The summed E-state index contributed by atoms with van der Waals surface area (Å²) in [6.07, 6.45) is 13.2. The van der Waals surface area contributed by atoms with E-state index in [1.807, 2.05) is 24.4 Å². The number of allylic oxidation sites excluding steroid dienone is 5. The monoisotopic (exact) mass is 306 g/mol. The maximum Gasteiger partial charge on any atom is 0.335 e. The molecule has 1 aliphatic rings. The van der Waals surface area contributed by atoms with Gasteiger partial charge in [0.05, 0.1) is 16.9 Å². The Morgan fingerprint density at radius 2 is 2.00 bits per heavy atom. The number of carboxylic acids is 1. The fourth-order valence-electron chi connectivity index (χ4n) is 2.59. The van der Waals surface area contributed by atoms with Gasteiger partial charge in [-0.05, 0) is 54.7 Å². The molecule has 0 fully saturated rings. The lowest BCUT2D eigenvalue weighted by molar-refractivity contribution is 0.0697. The van der Waals surface area contributed by atoms with Crippen LogP contribution in [0.15, 0.2) is 61.3 Å². The van der Waals surface area contributed by atoms with Gasteiger partial charge in [0.25, 0.3) is 0 Å². The van der Waals surface area contributed by atoms with Crippen LogP contribution < -0.4 is 0 Å². The molecule has 0 aliphatic heterocycles. The van der Waals surface area contributed by atoms with Crippen LogP contribution in [0.4, 0.5) is 0 Å². The van der Waals surface area contributed by atoms with Crippen molar-refractivity contribution in [1.29, 1.82) is 0 Å². The van der Waals surface area contributed by atoms with Gasteiger partial charge in [0.2, 0.25) is 0 Å². The maximum atomic E-state index is 10.9. The van der Waals surface area contributed by atoms with Gasteiger partial charge in [-0.15, -0.1) is 0 Å². The molecule has 0 amide bonds. The topological polar surface area (TPSA) is 55.1 Å². The van der Waals surface area contributed by atoms with Crippen LogP contribution >= 0.6 is 0 Å². The summed E-state index contributed by atoms with van der Waals surface area (Å²) in [6.45, 7) is 4.10. The SMILES string of the molecule is C=C1/C=C\C=C/CCCc2cn(-c3ccc(C(=O)O)cc3)nc21. The predicted octanol–water partition coefficient (Wildman–Crippen LogP) is 4.03. The van der Waals surface area contributed by atoms with Gasteiger partial charge >= 0.3 is 5.97 Å². The van der Waals surface area contributed by atoms with Gasteiger partial charge in [0.1, 0.15) is 0 Å². The molecule has 0 spiro atoms. The highest BCUT2D eigenvalue weighted by Gasteiger charge is 2.12. The standard InChI is InChI=1S/C19H18N2O2/c1-14-7-5-3-2-4-6-8-16-13-21(20-18(14)16)17-11-9-15(10-12-17)19(22)23/h2-3,5,7,9-13H,1,4,6,8H2,(H,22,23)/b3-2-,7-5-. The third kappa shape index (κ3) is 3.31. The molecule has 0 radical (unpaired) electrons. The summed E-state index contributed by atoms with van der Waals surface area (Å²) in [7, 11) is 0. The number of carboxylic acid groups (broad SMARTS) is 1. The molecule has 0 bridgehead atoms. The second-order valence-corrected chi connectivity index (χ2v) is 5.50. The summed E-state index contributed by atoms with van der Waals surface area (Å²) in [5.41, 5.74) is 4.06.